The Morgan fingerprint density at radius 2 is 1.62 bits per heavy atom. The van der Waals surface area contributed by atoms with Crippen LogP contribution in [0.1, 0.15) is 16.8 Å². The van der Waals surface area contributed by atoms with Crippen molar-refractivity contribution in [3.63, 3.8) is 0 Å². The summed E-state index contributed by atoms with van der Waals surface area (Å²) in [4.78, 5) is 6.71. The third-order valence-electron chi connectivity index (χ3n) is 3.85. The predicted octanol–water partition coefficient (Wildman–Crippen LogP) is 4.31. The summed E-state index contributed by atoms with van der Waals surface area (Å²) in [6.45, 7) is 4.06. The van der Waals surface area contributed by atoms with E-state index in [2.05, 4.69) is 70.4 Å². The molecule has 122 valence electrons. The van der Waals surface area contributed by atoms with E-state index in [0.29, 0.717) is 0 Å². The van der Waals surface area contributed by atoms with Gasteiger partial charge < -0.3 is 4.90 Å². The molecule has 1 heterocycles. The Balaban J connectivity index is 1.88. The molecule has 0 saturated heterocycles. The van der Waals surface area contributed by atoms with Crippen LogP contribution in [-0.2, 0) is 0 Å². The smallest absolute Gasteiger partial charge is 0.155 e. The molecular weight excluding hydrogens is 296 g/mol. The van der Waals surface area contributed by atoms with Crippen molar-refractivity contribution in [3.05, 3.63) is 71.4 Å². The van der Waals surface area contributed by atoms with Gasteiger partial charge in [0.2, 0.25) is 0 Å². The SMILES string of the molecule is Cc1ccc(-n2nc(C)cc2N=Cc2ccc(N(C)C)cc2)cc1. The molecule has 0 radical (unpaired) electrons. The van der Waals surface area contributed by atoms with Crippen LogP contribution in [0.25, 0.3) is 5.69 Å². The first kappa shape index (κ1) is 16.0. The molecule has 0 bridgehead atoms. The minimum Gasteiger partial charge on any atom is -0.378 e. The van der Waals surface area contributed by atoms with Crippen LogP contribution >= 0.6 is 0 Å². The van der Waals surface area contributed by atoms with Gasteiger partial charge in [-0.15, -0.1) is 0 Å². The fourth-order valence-electron chi connectivity index (χ4n) is 2.45. The second kappa shape index (κ2) is 6.71. The van der Waals surface area contributed by atoms with Gasteiger partial charge in [0.05, 0.1) is 11.4 Å². The summed E-state index contributed by atoms with van der Waals surface area (Å²) in [5, 5.41) is 4.56. The quantitative estimate of drug-likeness (QED) is 0.672. The van der Waals surface area contributed by atoms with Crippen molar-refractivity contribution >= 4 is 17.7 Å². The first-order valence-corrected chi connectivity index (χ1v) is 7.98. The molecule has 1 aromatic heterocycles. The number of anilines is 1. The zero-order chi connectivity index (χ0) is 17.1. The van der Waals surface area contributed by atoms with E-state index in [4.69, 9.17) is 0 Å². The zero-order valence-electron chi connectivity index (χ0n) is 14.6. The lowest BCUT2D eigenvalue weighted by Crippen LogP contribution is -2.08. The molecule has 4 nitrogen and oxygen atoms in total. The molecule has 4 heteroatoms. The Labute approximate surface area is 143 Å². The standard InChI is InChI=1S/C20H22N4/c1-15-5-9-19(10-6-15)24-20(13-16(2)22-24)21-14-17-7-11-18(12-8-17)23(3)4/h5-14H,1-4H3. The highest BCUT2D eigenvalue weighted by atomic mass is 15.3. The number of benzene rings is 2. The van der Waals surface area contributed by atoms with Gasteiger partial charge >= 0.3 is 0 Å². The monoisotopic (exact) mass is 318 g/mol. The number of aryl methyl sites for hydroxylation is 2. The second-order valence-corrected chi connectivity index (χ2v) is 6.14. The summed E-state index contributed by atoms with van der Waals surface area (Å²) in [5.41, 5.74) is 5.44. The molecule has 0 aliphatic rings. The summed E-state index contributed by atoms with van der Waals surface area (Å²) in [5.74, 6) is 0.827. The second-order valence-electron chi connectivity index (χ2n) is 6.14. The summed E-state index contributed by atoms with van der Waals surface area (Å²) in [6.07, 6.45) is 1.88. The zero-order valence-corrected chi connectivity index (χ0v) is 14.6. The van der Waals surface area contributed by atoms with Crippen molar-refractivity contribution in [2.45, 2.75) is 13.8 Å². The van der Waals surface area contributed by atoms with Crippen LogP contribution in [0, 0.1) is 13.8 Å². The van der Waals surface area contributed by atoms with Gasteiger partial charge in [0.15, 0.2) is 5.82 Å². The highest BCUT2D eigenvalue weighted by Crippen LogP contribution is 2.20. The molecule has 0 amide bonds. The average Bonchev–Trinajstić information content (AvgIpc) is 2.95. The van der Waals surface area contributed by atoms with Crippen LogP contribution in [0.2, 0.25) is 0 Å². The van der Waals surface area contributed by atoms with Crippen LogP contribution in [0.5, 0.6) is 0 Å². The summed E-state index contributed by atoms with van der Waals surface area (Å²) >= 11 is 0. The van der Waals surface area contributed by atoms with E-state index in [9.17, 15) is 0 Å². The van der Waals surface area contributed by atoms with Crippen LogP contribution in [-0.4, -0.2) is 30.1 Å². The summed E-state index contributed by atoms with van der Waals surface area (Å²) < 4.78 is 1.87. The summed E-state index contributed by atoms with van der Waals surface area (Å²) in [7, 11) is 4.07. The van der Waals surface area contributed by atoms with Gasteiger partial charge in [-0.1, -0.05) is 29.8 Å². The van der Waals surface area contributed by atoms with E-state index in [-0.39, 0.29) is 0 Å². The highest BCUT2D eigenvalue weighted by Gasteiger charge is 2.06. The molecule has 0 saturated carbocycles. The molecule has 0 aliphatic heterocycles. The van der Waals surface area contributed by atoms with E-state index >= 15 is 0 Å². The van der Waals surface area contributed by atoms with Gasteiger partial charge in [-0.05, 0) is 43.7 Å². The fraction of sp³-hybridized carbons (Fsp3) is 0.200. The molecule has 24 heavy (non-hydrogen) atoms. The molecule has 3 rings (SSSR count). The van der Waals surface area contributed by atoms with E-state index in [0.717, 1.165) is 22.8 Å². The molecule has 0 N–H and O–H groups in total. The normalized spacial score (nSPS) is 11.2. The minimum atomic E-state index is 0.827. The number of aliphatic imine (C=N–C) groups is 1. The van der Waals surface area contributed by atoms with Crippen molar-refractivity contribution in [1.82, 2.24) is 9.78 Å². The Bertz CT molecular complexity index is 840. The number of hydrogen-bond donors (Lipinski definition) is 0. The average molecular weight is 318 g/mol. The maximum Gasteiger partial charge on any atom is 0.155 e. The van der Waals surface area contributed by atoms with E-state index < -0.39 is 0 Å². The lowest BCUT2D eigenvalue weighted by molar-refractivity contribution is 0.863. The summed E-state index contributed by atoms with van der Waals surface area (Å²) in [6, 6.07) is 18.6. The van der Waals surface area contributed by atoms with Crippen molar-refractivity contribution in [2.75, 3.05) is 19.0 Å². The first-order chi connectivity index (χ1) is 11.5. The topological polar surface area (TPSA) is 33.4 Å². The van der Waals surface area contributed by atoms with Crippen LogP contribution in [0.15, 0.2) is 59.6 Å². The predicted molar refractivity (Wildman–Crippen MR) is 101 cm³/mol. The van der Waals surface area contributed by atoms with E-state index in [1.165, 1.54) is 11.3 Å². The van der Waals surface area contributed by atoms with Crippen molar-refractivity contribution in [1.29, 1.82) is 0 Å². The van der Waals surface area contributed by atoms with Gasteiger partial charge in [0, 0.05) is 32.1 Å². The van der Waals surface area contributed by atoms with Gasteiger partial charge in [-0.2, -0.15) is 5.10 Å². The molecule has 0 atom stereocenters. The molecule has 2 aromatic carbocycles. The van der Waals surface area contributed by atoms with Crippen LogP contribution in [0.3, 0.4) is 0 Å². The maximum atomic E-state index is 4.63. The van der Waals surface area contributed by atoms with Gasteiger partial charge in [-0.25, -0.2) is 9.67 Å². The maximum absolute atomic E-state index is 4.63. The van der Waals surface area contributed by atoms with Crippen LogP contribution in [0.4, 0.5) is 11.5 Å². The Morgan fingerprint density at radius 3 is 2.25 bits per heavy atom. The van der Waals surface area contributed by atoms with Crippen molar-refractivity contribution < 1.29 is 0 Å². The molecule has 0 spiro atoms. The third kappa shape index (κ3) is 3.54. The highest BCUT2D eigenvalue weighted by molar-refractivity contribution is 5.82. The molecular formula is C20H22N4. The molecule has 0 unspecified atom stereocenters. The lowest BCUT2D eigenvalue weighted by atomic mass is 10.2. The molecule has 0 aliphatic carbocycles. The van der Waals surface area contributed by atoms with Crippen molar-refractivity contribution in [2.24, 2.45) is 4.99 Å². The van der Waals surface area contributed by atoms with E-state index in [1.807, 2.05) is 38.0 Å². The Hall–Kier alpha value is -2.88. The Kier molecular flexibility index (Phi) is 4.47. The van der Waals surface area contributed by atoms with Gasteiger partial charge in [-0.3, -0.25) is 0 Å². The number of rotatable bonds is 4. The number of nitrogens with zero attached hydrogens (tertiary/aromatic N) is 4. The Morgan fingerprint density at radius 1 is 0.958 bits per heavy atom. The molecule has 0 fully saturated rings. The third-order valence-corrected chi connectivity index (χ3v) is 3.85. The lowest BCUT2D eigenvalue weighted by Gasteiger charge is -2.11. The van der Waals surface area contributed by atoms with Gasteiger partial charge in [0.25, 0.3) is 0 Å². The first-order valence-electron chi connectivity index (χ1n) is 7.98. The number of aromatic nitrogens is 2. The van der Waals surface area contributed by atoms with Crippen LogP contribution < -0.4 is 4.90 Å². The van der Waals surface area contributed by atoms with Gasteiger partial charge in [0.1, 0.15) is 0 Å². The number of hydrogen-bond acceptors (Lipinski definition) is 3. The minimum absolute atomic E-state index is 0.827. The van der Waals surface area contributed by atoms with Crippen molar-refractivity contribution in [3.8, 4) is 5.69 Å². The molecule has 3 aromatic rings. The fourth-order valence-corrected chi connectivity index (χ4v) is 2.45. The van der Waals surface area contributed by atoms with E-state index in [1.54, 1.807) is 0 Å². The largest absolute Gasteiger partial charge is 0.378 e.